The fourth-order valence-electron chi connectivity index (χ4n) is 1.86. The van der Waals surface area contributed by atoms with Crippen molar-refractivity contribution >= 4 is 16.7 Å². The van der Waals surface area contributed by atoms with E-state index < -0.39 is 5.97 Å². The molecule has 0 saturated heterocycles. The first-order valence-electron chi connectivity index (χ1n) is 5.33. The lowest BCUT2D eigenvalue weighted by atomic mass is 10.0. The number of nitrogens with zero attached hydrogens (tertiary/aromatic N) is 1. The second-order valence-electron chi connectivity index (χ2n) is 3.74. The molecular formula is C13H13NO3. The van der Waals surface area contributed by atoms with Crippen LogP contribution in [-0.4, -0.2) is 23.2 Å². The van der Waals surface area contributed by atoms with E-state index in [0.717, 1.165) is 22.1 Å². The van der Waals surface area contributed by atoms with Gasteiger partial charge in [0.05, 0.1) is 7.11 Å². The standard InChI is InChI=1S/C13H13NO3/c1-17-12-4-2-9(3-5-13(15)16)11-8-14-7-6-10(11)12/h2,4,6-8H,3,5H2,1H3,(H,15,16). The highest BCUT2D eigenvalue weighted by Crippen LogP contribution is 2.28. The molecule has 1 aromatic carbocycles. The number of fused-ring (bicyclic) bond motifs is 1. The maximum absolute atomic E-state index is 10.6. The molecule has 0 amide bonds. The second kappa shape index (κ2) is 4.82. The maximum atomic E-state index is 10.6. The van der Waals surface area contributed by atoms with Crippen LogP contribution in [0.3, 0.4) is 0 Å². The van der Waals surface area contributed by atoms with Gasteiger partial charge in [-0.2, -0.15) is 0 Å². The number of ether oxygens (including phenoxy) is 1. The van der Waals surface area contributed by atoms with E-state index in [4.69, 9.17) is 9.84 Å². The predicted octanol–water partition coefficient (Wildman–Crippen LogP) is 2.26. The third kappa shape index (κ3) is 2.36. The van der Waals surface area contributed by atoms with Gasteiger partial charge >= 0.3 is 5.97 Å². The zero-order valence-corrected chi connectivity index (χ0v) is 9.51. The number of aromatic nitrogens is 1. The summed E-state index contributed by atoms with van der Waals surface area (Å²) in [5.41, 5.74) is 0.983. The van der Waals surface area contributed by atoms with Crippen LogP contribution in [0, 0.1) is 0 Å². The molecular weight excluding hydrogens is 218 g/mol. The molecule has 4 heteroatoms. The summed E-state index contributed by atoms with van der Waals surface area (Å²) >= 11 is 0. The molecule has 4 nitrogen and oxygen atoms in total. The van der Waals surface area contributed by atoms with Gasteiger partial charge in [0.15, 0.2) is 0 Å². The molecule has 88 valence electrons. The number of benzene rings is 1. The van der Waals surface area contributed by atoms with Crippen molar-refractivity contribution in [2.75, 3.05) is 7.11 Å². The van der Waals surface area contributed by atoms with Gasteiger partial charge in [-0.25, -0.2) is 0 Å². The van der Waals surface area contributed by atoms with Crippen LogP contribution in [0.5, 0.6) is 5.75 Å². The number of hydrogen-bond donors (Lipinski definition) is 1. The Morgan fingerprint density at radius 3 is 2.88 bits per heavy atom. The number of pyridine rings is 1. The van der Waals surface area contributed by atoms with Gasteiger partial charge in [-0.1, -0.05) is 6.07 Å². The predicted molar refractivity (Wildman–Crippen MR) is 64.3 cm³/mol. The molecule has 1 N–H and O–H groups in total. The van der Waals surface area contributed by atoms with Gasteiger partial charge in [-0.3, -0.25) is 9.78 Å². The van der Waals surface area contributed by atoms with Crippen molar-refractivity contribution < 1.29 is 14.6 Å². The third-order valence-electron chi connectivity index (χ3n) is 2.70. The number of hydrogen-bond acceptors (Lipinski definition) is 3. The summed E-state index contributed by atoms with van der Waals surface area (Å²) in [4.78, 5) is 14.7. The first-order chi connectivity index (χ1) is 8.22. The van der Waals surface area contributed by atoms with Gasteiger partial charge in [0.25, 0.3) is 0 Å². The fourth-order valence-corrected chi connectivity index (χ4v) is 1.86. The average Bonchev–Trinajstić information content (AvgIpc) is 2.35. The van der Waals surface area contributed by atoms with Gasteiger partial charge in [0.1, 0.15) is 5.75 Å². The summed E-state index contributed by atoms with van der Waals surface area (Å²) in [7, 11) is 1.62. The van der Waals surface area contributed by atoms with Crippen LogP contribution in [0.2, 0.25) is 0 Å². The van der Waals surface area contributed by atoms with Crippen LogP contribution in [-0.2, 0) is 11.2 Å². The first-order valence-corrected chi connectivity index (χ1v) is 5.33. The van der Waals surface area contributed by atoms with Gasteiger partial charge in [-0.15, -0.1) is 0 Å². The molecule has 17 heavy (non-hydrogen) atoms. The summed E-state index contributed by atoms with van der Waals surface area (Å²) in [5, 5.41) is 10.6. The molecule has 0 bridgehead atoms. The molecule has 0 aliphatic heterocycles. The van der Waals surface area contributed by atoms with Crippen LogP contribution in [0.4, 0.5) is 0 Å². The molecule has 0 atom stereocenters. The monoisotopic (exact) mass is 231 g/mol. The maximum Gasteiger partial charge on any atom is 0.303 e. The van der Waals surface area contributed by atoms with E-state index in [2.05, 4.69) is 4.98 Å². The fraction of sp³-hybridized carbons (Fsp3) is 0.231. The lowest BCUT2D eigenvalue weighted by Crippen LogP contribution is -1.98. The molecule has 0 spiro atoms. The molecule has 0 saturated carbocycles. The Morgan fingerprint density at radius 1 is 1.35 bits per heavy atom. The van der Waals surface area contributed by atoms with Crippen molar-refractivity contribution in [3.05, 3.63) is 36.2 Å². The van der Waals surface area contributed by atoms with Gasteiger partial charge < -0.3 is 9.84 Å². The summed E-state index contributed by atoms with van der Waals surface area (Å²) in [6, 6.07) is 5.63. The Kier molecular flexibility index (Phi) is 3.23. The average molecular weight is 231 g/mol. The van der Waals surface area contributed by atoms with Crippen molar-refractivity contribution in [1.82, 2.24) is 4.98 Å². The summed E-state index contributed by atoms with van der Waals surface area (Å²) in [5.74, 6) is -0.0145. The van der Waals surface area contributed by atoms with Gasteiger partial charge in [0.2, 0.25) is 0 Å². The highest BCUT2D eigenvalue weighted by Gasteiger charge is 2.07. The molecule has 2 aromatic rings. The number of aryl methyl sites for hydroxylation is 1. The summed E-state index contributed by atoms with van der Waals surface area (Å²) < 4.78 is 5.26. The molecule has 0 aliphatic carbocycles. The minimum absolute atomic E-state index is 0.121. The number of methoxy groups -OCH3 is 1. The highest BCUT2D eigenvalue weighted by molar-refractivity contribution is 5.90. The van der Waals surface area contributed by atoms with E-state index in [-0.39, 0.29) is 6.42 Å². The molecule has 2 rings (SSSR count). The number of carboxylic acids is 1. The Morgan fingerprint density at radius 2 is 2.18 bits per heavy atom. The third-order valence-corrected chi connectivity index (χ3v) is 2.70. The summed E-state index contributed by atoms with van der Waals surface area (Å²) in [6.45, 7) is 0. The molecule has 0 unspecified atom stereocenters. The Labute approximate surface area is 98.9 Å². The van der Waals surface area contributed by atoms with Crippen molar-refractivity contribution in [3.63, 3.8) is 0 Å². The van der Waals surface area contributed by atoms with Gasteiger partial charge in [0, 0.05) is 29.6 Å². The lowest BCUT2D eigenvalue weighted by molar-refractivity contribution is -0.136. The van der Waals surface area contributed by atoms with Crippen molar-refractivity contribution in [3.8, 4) is 5.75 Å². The SMILES string of the molecule is COc1ccc(CCC(=O)O)c2cnccc12. The second-order valence-corrected chi connectivity index (χ2v) is 3.74. The van der Waals surface area contributed by atoms with Crippen molar-refractivity contribution in [2.24, 2.45) is 0 Å². The molecule has 0 fully saturated rings. The molecule has 0 radical (unpaired) electrons. The zero-order valence-electron chi connectivity index (χ0n) is 9.51. The molecule has 1 aromatic heterocycles. The van der Waals surface area contributed by atoms with Crippen LogP contribution in [0.15, 0.2) is 30.6 Å². The lowest BCUT2D eigenvalue weighted by Gasteiger charge is -2.09. The van der Waals surface area contributed by atoms with Crippen molar-refractivity contribution in [2.45, 2.75) is 12.8 Å². The van der Waals surface area contributed by atoms with E-state index in [9.17, 15) is 4.79 Å². The van der Waals surface area contributed by atoms with E-state index in [1.165, 1.54) is 0 Å². The van der Waals surface area contributed by atoms with E-state index >= 15 is 0 Å². The van der Waals surface area contributed by atoms with Crippen LogP contribution >= 0.6 is 0 Å². The molecule has 0 aliphatic rings. The van der Waals surface area contributed by atoms with Crippen LogP contribution in [0.1, 0.15) is 12.0 Å². The Balaban J connectivity index is 2.47. The largest absolute Gasteiger partial charge is 0.496 e. The number of aliphatic carboxylic acids is 1. The first kappa shape index (κ1) is 11.4. The highest BCUT2D eigenvalue weighted by atomic mass is 16.5. The summed E-state index contributed by atoms with van der Waals surface area (Å²) in [6.07, 6.45) is 4.07. The Bertz CT molecular complexity index is 551. The minimum atomic E-state index is -0.794. The minimum Gasteiger partial charge on any atom is -0.496 e. The zero-order chi connectivity index (χ0) is 12.3. The topological polar surface area (TPSA) is 59.4 Å². The number of rotatable bonds is 4. The number of carbonyl (C=O) groups is 1. The smallest absolute Gasteiger partial charge is 0.303 e. The van der Waals surface area contributed by atoms with Crippen molar-refractivity contribution in [1.29, 1.82) is 0 Å². The van der Waals surface area contributed by atoms with Gasteiger partial charge in [-0.05, 0) is 24.1 Å². The number of carboxylic acid groups (broad SMARTS) is 1. The van der Waals surface area contributed by atoms with E-state index in [0.29, 0.717) is 6.42 Å². The van der Waals surface area contributed by atoms with E-state index in [1.54, 1.807) is 19.5 Å². The van der Waals surface area contributed by atoms with E-state index in [1.807, 2.05) is 18.2 Å². The Hall–Kier alpha value is -2.10. The van der Waals surface area contributed by atoms with Crippen LogP contribution < -0.4 is 4.74 Å². The normalized spacial score (nSPS) is 10.4. The van der Waals surface area contributed by atoms with Crippen LogP contribution in [0.25, 0.3) is 10.8 Å². The molecule has 1 heterocycles. The quantitative estimate of drug-likeness (QED) is 0.876.